The minimum atomic E-state index is 0.247. The van der Waals surface area contributed by atoms with Crippen molar-refractivity contribution in [2.75, 3.05) is 30.4 Å². The van der Waals surface area contributed by atoms with Gasteiger partial charge in [-0.3, -0.25) is 4.90 Å². The smallest absolute Gasteiger partial charge is 0.245 e. The third kappa shape index (κ3) is 3.70. The van der Waals surface area contributed by atoms with Crippen LogP contribution in [0, 0.1) is 0 Å². The van der Waals surface area contributed by atoms with E-state index in [1.54, 1.807) is 0 Å². The molecule has 1 unspecified atom stereocenters. The number of hydrogen-bond acceptors (Lipinski definition) is 6. The Balaban J connectivity index is 1.61. The van der Waals surface area contributed by atoms with Crippen LogP contribution in [0.15, 0.2) is 28.8 Å². The van der Waals surface area contributed by atoms with Crippen molar-refractivity contribution in [1.82, 2.24) is 15.0 Å². The van der Waals surface area contributed by atoms with Crippen LogP contribution in [-0.4, -0.2) is 40.1 Å². The minimum Gasteiger partial charge on any atom is -0.376 e. The summed E-state index contributed by atoms with van der Waals surface area (Å²) < 4.78 is 5.33. The molecule has 0 amide bonds. The lowest BCUT2D eigenvalue weighted by Gasteiger charge is -2.29. The lowest BCUT2D eigenvalue weighted by molar-refractivity contribution is 0.256. The molecule has 0 aliphatic carbocycles. The van der Waals surface area contributed by atoms with E-state index in [0.717, 1.165) is 34.6 Å². The Morgan fingerprint density at radius 2 is 2.24 bits per heavy atom. The number of halogens is 1. The van der Waals surface area contributed by atoms with Crippen molar-refractivity contribution >= 4 is 29.1 Å². The van der Waals surface area contributed by atoms with Gasteiger partial charge in [0, 0.05) is 28.8 Å². The lowest BCUT2D eigenvalue weighted by atomic mass is 10.3. The molecule has 5 nitrogen and oxygen atoms in total. The van der Waals surface area contributed by atoms with E-state index < -0.39 is 0 Å². The normalized spacial score (nSPS) is 19.6. The van der Waals surface area contributed by atoms with Gasteiger partial charge < -0.3 is 9.84 Å². The van der Waals surface area contributed by atoms with Crippen molar-refractivity contribution in [2.24, 2.45) is 0 Å². The molecule has 112 valence electrons. The molecule has 1 aromatic heterocycles. The van der Waals surface area contributed by atoms with Crippen molar-refractivity contribution in [3.05, 3.63) is 41.0 Å². The maximum atomic E-state index is 5.86. The molecular formula is C14H17ClN4OS. The molecule has 1 fully saturated rings. The number of benzene rings is 1. The zero-order chi connectivity index (χ0) is 14.7. The third-order valence-electron chi connectivity index (χ3n) is 3.47. The zero-order valence-corrected chi connectivity index (χ0v) is 13.3. The zero-order valence-electron chi connectivity index (χ0n) is 11.8. The van der Waals surface area contributed by atoms with Gasteiger partial charge in [0.2, 0.25) is 5.89 Å². The maximum Gasteiger partial charge on any atom is 0.245 e. The molecule has 2 heterocycles. The largest absolute Gasteiger partial charge is 0.376 e. The summed E-state index contributed by atoms with van der Waals surface area (Å²) in [6, 6.07) is 7.78. The average molecular weight is 325 g/mol. The van der Waals surface area contributed by atoms with Crippen molar-refractivity contribution in [2.45, 2.75) is 12.6 Å². The first kappa shape index (κ1) is 14.7. The molecule has 1 saturated heterocycles. The predicted molar refractivity (Wildman–Crippen MR) is 85.8 cm³/mol. The summed E-state index contributed by atoms with van der Waals surface area (Å²) in [6.45, 7) is 1.57. The topological polar surface area (TPSA) is 54.2 Å². The quantitative estimate of drug-likeness (QED) is 0.933. The molecule has 21 heavy (non-hydrogen) atoms. The minimum absolute atomic E-state index is 0.247. The second kappa shape index (κ2) is 6.68. The first-order valence-electron chi connectivity index (χ1n) is 6.82. The maximum absolute atomic E-state index is 5.86. The summed E-state index contributed by atoms with van der Waals surface area (Å²) in [5.74, 6) is 3.55. The molecule has 7 heteroatoms. The van der Waals surface area contributed by atoms with E-state index in [1.165, 1.54) is 0 Å². The van der Waals surface area contributed by atoms with Crippen molar-refractivity contribution < 1.29 is 4.52 Å². The molecule has 1 aromatic carbocycles. The van der Waals surface area contributed by atoms with E-state index in [1.807, 2.05) is 36.0 Å². The van der Waals surface area contributed by atoms with Crippen molar-refractivity contribution in [3.63, 3.8) is 0 Å². The first-order chi connectivity index (χ1) is 10.2. The highest BCUT2D eigenvalue weighted by Crippen LogP contribution is 2.26. The van der Waals surface area contributed by atoms with Crippen molar-refractivity contribution in [3.8, 4) is 0 Å². The van der Waals surface area contributed by atoms with Crippen LogP contribution in [0.5, 0.6) is 0 Å². The fourth-order valence-corrected chi connectivity index (χ4v) is 3.52. The molecule has 0 spiro atoms. The Bertz CT molecular complexity index is 589. The number of aromatic nitrogens is 2. The van der Waals surface area contributed by atoms with Gasteiger partial charge in [-0.1, -0.05) is 16.8 Å². The van der Waals surface area contributed by atoms with Crippen LogP contribution < -0.4 is 5.32 Å². The Morgan fingerprint density at radius 3 is 3.00 bits per heavy atom. The van der Waals surface area contributed by atoms with Crippen LogP contribution in [0.25, 0.3) is 0 Å². The molecule has 2 aromatic rings. The first-order valence-corrected chi connectivity index (χ1v) is 8.35. The molecule has 3 rings (SSSR count). The van der Waals surface area contributed by atoms with Crippen LogP contribution in [0.3, 0.4) is 0 Å². The van der Waals surface area contributed by atoms with Gasteiger partial charge in [-0.05, 0) is 31.3 Å². The van der Waals surface area contributed by atoms with E-state index in [-0.39, 0.29) is 6.04 Å². The highest BCUT2D eigenvalue weighted by atomic mass is 35.5. The van der Waals surface area contributed by atoms with Gasteiger partial charge in [0.15, 0.2) is 5.82 Å². The van der Waals surface area contributed by atoms with Crippen molar-refractivity contribution in [1.29, 1.82) is 0 Å². The van der Waals surface area contributed by atoms with Crippen LogP contribution in [0.1, 0.15) is 17.8 Å². The molecule has 1 aliphatic rings. The number of hydrogen-bond donors (Lipinski definition) is 1. The van der Waals surface area contributed by atoms with E-state index in [0.29, 0.717) is 12.4 Å². The molecule has 0 radical (unpaired) electrons. The number of rotatable bonds is 4. The van der Waals surface area contributed by atoms with Gasteiger partial charge in [-0.15, -0.1) is 0 Å². The second-order valence-electron chi connectivity index (χ2n) is 4.98. The molecule has 0 saturated carbocycles. The summed E-state index contributed by atoms with van der Waals surface area (Å²) in [5, 5.41) is 8.08. The Kier molecular flexibility index (Phi) is 4.67. The Hall–Kier alpha value is -1.24. The molecular weight excluding hydrogens is 308 g/mol. The van der Waals surface area contributed by atoms with Gasteiger partial charge in [-0.2, -0.15) is 16.7 Å². The highest BCUT2D eigenvalue weighted by molar-refractivity contribution is 7.99. The van der Waals surface area contributed by atoms with E-state index in [4.69, 9.17) is 16.1 Å². The summed E-state index contributed by atoms with van der Waals surface area (Å²) >= 11 is 7.79. The summed E-state index contributed by atoms with van der Waals surface area (Å²) in [7, 11) is 2.10. The standard InChI is InChI=1S/C14H17ClN4OS/c1-19-6-7-21-9-12(19)14-17-13(20-18-14)8-16-11-4-2-10(15)3-5-11/h2-5,12,16H,6-9H2,1H3. The van der Waals surface area contributed by atoms with Crippen LogP contribution in [0.4, 0.5) is 5.69 Å². The Labute approximate surface area is 133 Å². The molecule has 1 aliphatic heterocycles. The van der Waals surface area contributed by atoms with Gasteiger partial charge in [0.1, 0.15) is 0 Å². The SMILES string of the molecule is CN1CCSCC1c1noc(CNc2ccc(Cl)cc2)n1. The van der Waals surface area contributed by atoms with E-state index in [9.17, 15) is 0 Å². The fraction of sp³-hybridized carbons (Fsp3) is 0.429. The van der Waals surface area contributed by atoms with Crippen LogP contribution in [-0.2, 0) is 6.54 Å². The summed E-state index contributed by atoms with van der Waals surface area (Å²) in [6.07, 6.45) is 0. The highest BCUT2D eigenvalue weighted by Gasteiger charge is 2.25. The van der Waals surface area contributed by atoms with E-state index in [2.05, 4.69) is 27.4 Å². The molecule has 0 bridgehead atoms. The number of thioether (sulfide) groups is 1. The number of anilines is 1. The summed E-state index contributed by atoms with van der Waals surface area (Å²) in [4.78, 5) is 6.77. The molecule has 1 N–H and O–H groups in total. The molecule has 1 atom stereocenters. The van der Waals surface area contributed by atoms with Gasteiger partial charge >= 0.3 is 0 Å². The second-order valence-corrected chi connectivity index (χ2v) is 6.56. The van der Waals surface area contributed by atoms with Crippen LogP contribution in [0.2, 0.25) is 5.02 Å². The predicted octanol–water partition coefficient (Wildman–Crippen LogP) is 3.05. The van der Waals surface area contributed by atoms with Gasteiger partial charge in [-0.25, -0.2) is 0 Å². The fourth-order valence-electron chi connectivity index (χ4n) is 2.18. The summed E-state index contributed by atoms with van der Waals surface area (Å²) in [5.41, 5.74) is 0.976. The number of nitrogens with zero attached hydrogens (tertiary/aromatic N) is 3. The number of nitrogens with one attached hydrogen (secondary N) is 1. The van der Waals surface area contributed by atoms with Gasteiger partial charge in [0.05, 0.1) is 12.6 Å². The van der Waals surface area contributed by atoms with Crippen LogP contribution >= 0.6 is 23.4 Å². The Morgan fingerprint density at radius 1 is 1.43 bits per heavy atom. The average Bonchev–Trinajstić information content (AvgIpc) is 2.96. The lowest BCUT2D eigenvalue weighted by Crippen LogP contribution is -2.33. The third-order valence-corrected chi connectivity index (χ3v) is 4.74. The monoisotopic (exact) mass is 324 g/mol. The van der Waals surface area contributed by atoms with Gasteiger partial charge in [0.25, 0.3) is 0 Å². The van der Waals surface area contributed by atoms with E-state index >= 15 is 0 Å².